The Morgan fingerprint density at radius 2 is 1.91 bits per heavy atom. The van der Waals surface area contributed by atoms with E-state index in [1.54, 1.807) is 0 Å². The maximum absolute atomic E-state index is 5.58. The molecule has 1 spiro atoms. The first-order valence-electron chi connectivity index (χ1n) is 4.28. The zero-order valence-corrected chi connectivity index (χ0v) is 6.41. The maximum Gasteiger partial charge on any atom is 0.171 e. The highest BCUT2D eigenvalue weighted by Crippen LogP contribution is 2.46. The van der Waals surface area contributed by atoms with Crippen molar-refractivity contribution in [3.05, 3.63) is 0 Å². The van der Waals surface area contributed by atoms with Crippen LogP contribution in [0.25, 0.3) is 0 Å². The molecular formula is C8H12O3. The van der Waals surface area contributed by atoms with Crippen molar-refractivity contribution in [2.45, 2.75) is 24.7 Å². The molecule has 2 unspecified atom stereocenters. The number of hydrogen-bond donors (Lipinski definition) is 0. The average Bonchev–Trinajstić information content (AvgIpc) is 2.51. The Morgan fingerprint density at radius 1 is 1.09 bits per heavy atom. The fraction of sp³-hybridized carbons (Fsp3) is 1.00. The lowest BCUT2D eigenvalue weighted by atomic mass is 10.0. The van der Waals surface area contributed by atoms with Gasteiger partial charge in [0.25, 0.3) is 0 Å². The molecule has 3 rings (SSSR count). The highest BCUT2D eigenvalue weighted by Gasteiger charge is 2.53. The van der Waals surface area contributed by atoms with Crippen molar-refractivity contribution in [2.75, 3.05) is 19.8 Å². The Labute approximate surface area is 65.6 Å². The molecule has 2 saturated heterocycles. The summed E-state index contributed by atoms with van der Waals surface area (Å²) < 4.78 is 16.5. The predicted octanol–water partition coefficient (Wildman–Crippen LogP) is 0.538. The standard InChI is InChI=1S/C8H12O3/c1-2-11-8(10-1)3-6-5-9-7(6)4-8/h6-7H,1-5H2. The van der Waals surface area contributed by atoms with Crippen LogP contribution in [0.5, 0.6) is 0 Å². The summed E-state index contributed by atoms with van der Waals surface area (Å²) in [6.45, 7) is 2.44. The summed E-state index contributed by atoms with van der Waals surface area (Å²) in [4.78, 5) is 0. The van der Waals surface area contributed by atoms with Crippen LogP contribution in [0.2, 0.25) is 0 Å². The molecule has 2 aliphatic heterocycles. The lowest BCUT2D eigenvalue weighted by Crippen LogP contribution is -2.34. The monoisotopic (exact) mass is 156 g/mol. The van der Waals surface area contributed by atoms with Crippen LogP contribution in [0.3, 0.4) is 0 Å². The Balaban J connectivity index is 1.79. The quantitative estimate of drug-likeness (QED) is 0.512. The Bertz CT molecular complexity index is 160. The summed E-state index contributed by atoms with van der Waals surface area (Å²) >= 11 is 0. The molecule has 0 aromatic heterocycles. The SMILES string of the molecule is C1COC2(CC3COC3C2)O1. The summed E-state index contributed by atoms with van der Waals surface area (Å²) in [6.07, 6.45) is 2.45. The van der Waals surface area contributed by atoms with Gasteiger partial charge in [-0.1, -0.05) is 0 Å². The molecule has 2 atom stereocenters. The average molecular weight is 156 g/mol. The van der Waals surface area contributed by atoms with Crippen LogP contribution in [0.15, 0.2) is 0 Å². The van der Waals surface area contributed by atoms with E-state index < -0.39 is 0 Å². The molecule has 0 radical (unpaired) electrons. The third kappa shape index (κ3) is 0.789. The van der Waals surface area contributed by atoms with E-state index in [0.717, 1.165) is 32.7 Å². The molecular weight excluding hydrogens is 144 g/mol. The Kier molecular flexibility index (Phi) is 1.15. The van der Waals surface area contributed by atoms with Gasteiger partial charge in [0.15, 0.2) is 5.79 Å². The molecule has 62 valence electrons. The van der Waals surface area contributed by atoms with Gasteiger partial charge in [-0.15, -0.1) is 0 Å². The normalized spacial score (nSPS) is 45.8. The lowest BCUT2D eigenvalue weighted by Gasteiger charge is -2.29. The van der Waals surface area contributed by atoms with Gasteiger partial charge in [0.1, 0.15) is 0 Å². The van der Waals surface area contributed by atoms with Gasteiger partial charge in [0, 0.05) is 18.8 Å². The van der Waals surface area contributed by atoms with E-state index in [4.69, 9.17) is 14.2 Å². The van der Waals surface area contributed by atoms with E-state index in [-0.39, 0.29) is 5.79 Å². The number of rotatable bonds is 0. The molecule has 11 heavy (non-hydrogen) atoms. The van der Waals surface area contributed by atoms with Gasteiger partial charge in [0.2, 0.25) is 0 Å². The first-order valence-corrected chi connectivity index (χ1v) is 4.28. The van der Waals surface area contributed by atoms with Crippen molar-refractivity contribution in [3.8, 4) is 0 Å². The summed E-state index contributed by atoms with van der Waals surface area (Å²) in [5.74, 6) is 0.486. The van der Waals surface area contributed by atoms with Crippen molar-refractivity contribution in [3.63, 3.8) is 0 Å². The number of fused-ring (bicyclic) bond motifs is 1. The summed E-state index contributed by atoms with van der Waals surface area (Å²) in [6, 6.07) is 0. The lowest BCUT2D eigenvalue weighted by molar-refractivity contribution is -0.154. The second-order valence-corrected chi connectivity index (χ2v) is 3.65. The summed E-state index contributed by atoms with van der Waals surface area (Å²) in [5.41, 5.74) is 0. The highest BCUT2D eigenvalue weighted by atomic mass is 16.7. The van der Waals surface area contributed by atoms with Crippen molar-refractivity contribution in [1.82, 2.24) is 0 Å². The van der Waals surface area contributed by atoms with Crippen molar-refractivity contribution in [2.24, 2.45) is 5.92 Å². The van der Waals surface area contributed by atoms with E-state index in [1.165, 1.54) is 0 Å². The van der Waals surface area contributed by atoms with E-state index in [9.17, 15) is 0 Å². The van der Waals surface area contributed by atoms with Crippen LogP contribution in [0, 0.1) is 5.92 Å². The molecule has 0 bridgehead atoms. The third-order valence-corrected chi connectivity index (χ3v) is 2.95. The van der Waals surface area contributed by atoms with Gasteiger partial charge >= 0.3 is 0 Å². The van der Waals surface area contributed by atoms with Gasteiger partial charge in [-0.25, -0.2) is 0 Å². The molecule has 0 aromatic rings. The molecule has 1 saturated carbocycles. The summed E-state index contributed by atoms with van der Waals surface area (Å²) in [5, 5.41) is 0. The van der Waals surface area contributed by atoms with E-state index in [2.05, 4.69) is 0 Å². The van der Waals surface area contributed by atoms with Gasteiger partial charge in [-0.05, 0) is 0 Å². The second kappa shape index (κ2) is 1.97. The van der Waals surface area contributed by atoms with Crippen LogP contribution < -0.4 is 0 Å². The molecule has 3 nitrogen and oxygen atoms in total. The van der Waals surface area contributed by atoms with Crippen LogP contribution in [0.4, 0.5) is 0 Å². The minimum absolute atomic E-state index is 0.230. The fourth-order valence-electron chi connectivity index (χ4n) is 2.31. The Hall–Kier alpha value is -0.120. The topological polar surface area (TPSA) is 27.7 Å². The van der Waals surface area contributed by atoms with Crippen molar-refractivity contribution >= 4 is 0 Å². The van der Waals surface area contributed by atoms with Crippen molar-refractivity contribution < 1.29 is 14.2 Å². The summed E-state index contributed by atoms with van der Waals surface area (Å²) in [7, 11) is 0. The molecule has 0 amide bonds. The Morgan fingerprint density at radius 3 is 2.36 bits per heavy atom. The maximum atomic E-state index is 5.58. The minimum atomic E-state index is -0.230. The zero-order valence-electron chi connectivity index (χ0n) is 6.41. The van der Waals surface area contributed by atoms with E-state index in [0.29, 0.717) is 12.0 Å². The minimum Gasteiger partial charge on any atom is -0.377 e. The van der Waals surface area contributed by atoms with Crippen molar-refractivity contribution in [1.29, 1.82) is 0 Å². The smallest absolute Gasteiger partial charge is 0.171 e. The van der Waals surface area contributed by atoms with Crippen LogP contribution >= 0.6 is 0 Å². The van der Waals surface area contributed by atoms with Gasteiger partial charge in [-0.2, -0.15) is 0 Å². The fourth-order valence-corrected chi connectivity index (χ4v) is 2.31. The second-order valence-electron chi connectivity index (χ2n) is 3.65. The molecule has 2 heterocycles. The van der Waals surface area contributed by atoms with Gasteiger partial charge in [-0.3, -0.25) is 0 Å². The molecule has 0 aromatic carbocycles. The van der Waals surface area contributed by atoms with Gasteiger partial charge < -0.3 is 14.2 Å². The molecule has 0 N–H and O–H groups in total. The van der Waals surface area contributed by atoms with Crippen LogP contribution in [-0.2, 0) is 14.2 Å². The number of ether oxygens (including phenoxy) is 3. The largest absolute Gasteiger partial charge is 0.377 e. The zero-order chi connectivity index (χ0) is 7.31. The third-order valence-electron chi connectivity index (χ3n) is 2.95. The first-order chi connectivity index (χ1) is 5.38. The van der Waals surface area contributed by atoms with Crippen LogP contribution in [-0.4, -0.2) is 31.7 Å². The van der Waals surface area contributed by atoms with E-state index in [1.807, 2.05) is 0 Å². The van der Waals surface area contributed by atoms with Crippen LogP contribution in [0.1, 0.15) is 12.8 Å². The first kappa shape index (κ1) is 6.40. The van der Waals surface area contributed by atoms with E-state index >= 15 is 0 Å². The molecule has 1 aliphatic carbocycles. The molecule has 3 aliphatic rings. The predicted molar refractivity (Wildman–Crippen MR) is 37.1 cm³/mol. The molecule has 3 fully saturated rings. The highest BCUT2D eigenvalue weighted by molar-refractivity contribution is 4.97. The molecule has 3 heteroatoms. The number of hydrogen-bond acceptors (Lipinski definition) is 3. The van der Waals surface area contributed by atoms with Gasteiger partial charge in [0.05, 0.1) is 25.9 Å².